The smallest absolute Gasteiger partial charge is 0.305 e. The number of aliphatic hydroxyl groups is 1. The lowest BCUT2D eigenvalue weighted by Crippen LogP contribution is -2.47. The van der Waals surface area contributed by atoms with E-state index >= 15 is 0 Å². The predicted octanol–water partition coefficient (Wildman–Crippen LogP) is 3.07. The van der Waals surface area contributed by atoms with Gasteiger partial charge in [-0.15, -0.1) is 0 Å². The lowest BCUT2D eigenvalue weighted by molar-refractivity contribution is -0.138. The first kappa shape index (κ1) is 17.7. The molecule has 1 rings (SSSR count). The number of hydrogen-bond acceptors (Lipinski definition) is 3. The number of nitrogens with one attached hydrogen (secondary N) is 1. The minimum atomic E-state index is -0.922. The maximum Gasteiger partial charge on any atom is 0.305 e. The number of rotatable bonds is 6. The summed E-state index contributed by atoms with van der Waals surface area (Å²) in [5.41, 5.74) is 1.67. The van der Waals surface area contributed by atoms with Crippen LogP contribution in [0.3, 0.4) is 0 Å². The topological polar surface area (TPSA) is 69.6 Å². The van der Waals surface area contributed by atoms with Gasteiger partial charge in [0, 0.05) is 11.6 Å². The third-order valence-corrected chi connectivity index (χ3v) is 3.34. The molecule has 0 aromatic heterocycles. The van der Waals surface area contributed by atoms with Crippen molar-refractivity contribution in [2.24, 2.45) is 0 Å². The summed E-state index contributed by atoms with van der Waals surface area (Å²) in [6.07, 6.45) is -0.966. The molecule has 0 bridgehead atoms. The van der Waals surface area contributed by atoms with Crippen molar-refractivity contribution < 1.29 is 15.0 Å². The fourth-order valence-electron chi connectivity index (χ4n) is 2.30. The number of hydrogen-bond donors (Lipinski definition) is 3. The molecule has 2 unspecified atom stereocenters. The van der Waals surface area contributed by atoms with E-state index in [2.05, 4.69) is 19.2 Å². The van der Waals surface area contributed by atoms with E-state index in [9.17, 15) is 9.90 Å². The minimum absolute atomic E-state index is 0.121. The molecule has 4 heteroatoms. The monoisotopic (exact) mass is 293 g/mol. The van der Waals surface area contributed by atoms with Gasteiger partial charge >= 0.3 is 5.97 Å². The highest BCUT2D eigenvalue weighted by Crippen LogP contribution is 2.23. The third-order valence-electron chi connectivity index (χ3n) is 3.34. The molecule has 1 aromatic carbocycles. The van der Waals surface area contributed by atoms with Crippen LogP contribution in [0.25, 0.3) is 0 Å². The number of carbonyl (C=O) groups is 1. The van der Waals surface area contributed by atoms with Crippen molar-refractivity contribution in [3.05, 3.63) is 35.4 Å². The summed E-state index contributed by atoms with van der Waals surface area (Å²) in [4.78, 5) is 11.0. The van der Waals surface area contributed by atoms with Gasteiger partial charge in [0.05, 0.1) is 12.5 Å². The number of aliphatic carboxylic acids is 1. The van der Waals surface area contributed by atoms with Crippen LogP contribution in [0.5, 0.6) is 0 Å². The highest BCUT2D eigenvalue weighted by atomic mass is 16.4. The normalized spacial score (nSPS) is 15.0. The van der Waals surface area contributed by atoms with Gasteiger partial charge in [0.2, 0.25) is 0 Å². The summed E-state index contributed by atoms with van der Waals surface area (Å²) in [5.74, 6) is -0.492. The molecule has 4 nitrogen and oxygen atoms in total. The van der Waals surface area contributed by atoms with Crippen molar-refractivity contribution in [2.45, 2.75) is 64.6 Å². The number of carboxylic acid groups (broad SMARTS) is 1. The molecule has 0 amide bonds. The highest BCUT2D eigenvalue weighted by molar-refractivity contribution is 5.67. The molecule has 0 aliphatic rings. The van der Waals surface area contributed by atoms with E-state index in [0.29, 0.717) is 5.92 Å². The van der Waals surface area contributed by atoms with E-state index in [1.165, 1.54) is 5.56 Å². The summed E-state index contributed by atoms with van der Waals surface area (Å²) in [7, 11) is 0. The van der Waals surface area contributed by atoms with Gasteiger partial charge in [-0.1, -0.05) is 38.1 Å². The molecule has 2 atom stereocenters. The molecule has 0 aliphatic heterocycles. The predicted molar refractivity (Wildman–Crippen MR) is 84.4 cm³/mol. The van der Waals surface area contributed by atoms with Crippen LogP contribution in [0.1, 0.15) is 64.2 Å². The summed E-state index contributed by atoms with van der Waals surface area (Å²) in [6.45, 7) is 10.1. The van der Waals surface area contributed by atoms with Gasteiger partial charge in [-0.25, -0.2) is 0 Å². The standard InChI is InChI=1S/C17H27NO3/c1-11(2)12-6-8-13(9-7-12)16(21)14(10-15(19)20)18-17(3,4)5/h6-9,11,14,16,18,21H,10H2,1-5H3,(H,19,20). The van der Waals surface area contributed by atoms with Gasteiger partial charge in [-0.05, 0) is 37.8 Å². The fraction of sp³-hybridized carbons (Fsp3) is 0.588. The van der Waals surface area contributed by atoms with Gasteiger partial charge in [0.25, 0.3) is 0 Å². The van der Waals surface area contributed by atoms with Crippen LogP contribution in [0.2, 0.25) is 0 Å². The van der Waals surface area contributed by atoms with Crippen LogP contribution in [0.15, 0.2) is 24.3 Å². The van der Waals surface area contributed by atoms with Crippen molar-refractivity contribution in [2.75, 3.05) is 0 Å². The maximum absolute atomic E-state index is 11.0. The van der Waals surface area contributed by atoms with Crippen LogP contribution < -0.4 is 5.32 Å². The molecule has 0 fully saturated rings. The molecule has 0 spiro atoms. The second-order valence-electron chi connectivity index (χ2n) is 6.86. The summed E-state index contributed by atoms with van der Waals surface area (Å²) >= 11 is 0. The van der Waals surface area contributed by atoms with E-state index in [-0.39, 0.29) is 12.0 Å². The van der Waals surface area contributed by atoms with Gasteiger partial charge in [0.15, 0.2) is 0 Å². The first-order valence-electron chi connectivity index (χ1n) is 7.37. The van der Waals surface area contributed by atoms with E-state index in [1.54, 1.807) is 0 Å². The van der Waals surface area contributed by atoms with Crippen LogP contribution in [-0.2, 0) is 4.79 Å². The molecule has 1 aromatic rings. The molecular weight excluding hydrogens is 266 g/mol. The van der Waals surface area contributed by atoms with E-state index < -0.39 is 18.1 Å². The Kier molecular flexibility index (Phi) is 5.93. The van der Waals surface area contributed by atoms with Crippen molar-refractivity contribution in [3.63, 3.8) is 0 Å². The molecule has 21 heavy (non-hydrogen) atoms. The van der Waals surface area contributed by atoms with E-state index in [4.69, 9.17) is 5.11 Å². The second-order valence-corrected chi connectivity index (χ2v) is 6.86. The summed E-state index contributed by atoms with van der Waals surface area (Å²) < 4.78 is 0. The van der Waals surface area contributed by atoms with Crippen LogP contribution in [0.4, 0.5) is 0 Å². The molecule has 3 N–H and O–H groups in total. The van der Waals surface area contributed by atoms with E-state index in [0.717, 1.165) is 5.56 Å². The lowest BCUT2D eigenvalue weighted by atomic mass is 9.94. The molecular formula is C17H27NO3. The molecule has 0 heterocycles. The molecule has 0 saturated carbocycles. The largest absolute Gasteiger partial charge is 0.481 e. The van der Waals surface area contributed by atoms with Crippen molar-refractivity contribution in [1.82, 2.24) is 5.32 Å². The molecule has 118 valence electrons. The Hall–Kier alpha value is -1.39. The van der Waals surface area contributed by atoms with Crippen LogP contribution in [0, 0.1) is 0 Å². The third kappa shape index (κ3) is 5.86. The van der Waals surface area contributed by atoms with Crippen molar-refractivity contribution >= 4 is 5.97 Å². The first-order valence-corrected chi connectivity index (χ1v) is 7.37. The Morgan fingerprint density at radius 1 is 1.14 bits per heavy atom. The zero-order valence-corrected chi connectivity index (χ0v) is 13.6. The Balaban J connectivity index is 2.93. The van der Waals surface area contributed by atoms with Crippen LogP contribution >= 0.6 is 0 Å². The molecule has 0 saturated heterocycles. The molecule has 0 aliphatic carbocycles. The zero-order chi connectivity index (χ0) is 16.2. The average Bonchev–Trinajstić information content (AvgIpc) is 2.35. The van der Waals surface area contributed by atoms with Crippen molar-refractivity contribution in [3.8, 4) is 0 Å². The van der Waals surface area contributed by atoms with Crippen LogP contribution in [-0.4, -0.2) is 27.8 Å². The quantitative estimate of drug-likeness (QED) is 0.754. The highest BCUT2D eigenvalue weighted by Gasteiger charge is 2.27. The van der Waals surface area contributed by atoms with Gasteiger partial charge in [-0.2, -0.15) is 0 Å². The second kappa shape index (κ2) is 7.05. The maximum atomic E-state index is 11.0. The van der Waals surface area contributed by atoms with Gasteiger partial charge < -0.3 is 15.5 Å². The summed E-state index contributed by atoms with van der Waals surface area (Å²) in [5, 5.41) is 22.7. The van der Waals surface area contributed by atoms with Crippen molar-refractivity contribution in [1.29, 1.82) is 0 Å². The first-order chi connectivity index (χ1) is 9.60. The lowest BCUT2D eigenvalue weighted by Gasteiger charge is -2.31. The Morgan fingerprint density at radius 2 is 1.62 bits per heavy atom. The number of aliphatic hydroxyl groups excluding tert-OH is 1. The average molecular weight is 293 g/mol. The SMILES string of the molecule is CC(C)c1ccc(C(O)C(CC(=O)O)NC(C)(C)C)cc1. The minimum Gasteiger partial charge on any atom is -0.481 e. The molecule has 0 radical (unpaired) electrons. The van der Waals surface area contributed by atoms with Gasteiger partial charge in [-0.3, -0.25) is 4.79 Å². The fourth-order valence-corrected chi connectivity index (χ4v) is 2.30. The Morgan fingerprint density at radius 3 is 2.00 bits per heavy atom. The zero-order valence-electron chi connectivity index (χ0n) is 13.6. The number of carboxylic acids is 1. The number of benzene rings is 1. The Bertz CT molecular complexity index is 460. The Labute approximate surface area is 127 Å². The summed E-state index contributed by atoms with van der Waals surface area (Å²) in [6, 6.07) is 7.20. The van der Waals surface area contributed by atoms with Gasteiger partial charge in [0.1, 0.15) is 0 Å². The van der Waals surface area contributed by atoms with E-state index in [1.807, 2.05) is 45.0 Å².